The minimum atomic E-state index is 0.710. The van der Waals surface area contributed by atoms with Gasteiger partial charge in [-0.1, -0.05) is 30.3 Å². The van der Waals surface area contributed by atoms with Crippen molar-refractivity contribution in [2.75, 3.05) is 5.32 Å². The maximum atomic E-state index is 4.24. The number of nitrogens with zero attached hydrogens (tertiary/aromatic N) is 3. The van der Waals surface area contributed by atoms with Crippen LogP contribution in [0.25, 0.3) is 11.3 Å². The average molecular weight is 262 g/mol. The van der Waals surface area contributed by atoms with Gasteiger partial charge in [0, 0.05) is 24.5 Å². The summed E-state index contributed by atoms with van der Waals surface area (Å²) in [6, 6.07) is 17.9. The van der Waals surface area contributed by atoms with Gasteiger partial charge in [-0.2, -0.15) is 0 Å². The van der Waals surface area contributed by atoms with E-state index in [9.17, 15) is 0 Å². The molecule has 3 rings (SSSR count). The van der Waals surface area contributed by atoms with Crippen LogP contribution in [0, 0.1) is 0 Å². The van der Waals surface area contributed by atoms with Crippen molar-refractivity contribution < 1.29 is 0 Å². The summed E-state index contributed by atoms with van der Waals surface area (Å²) in [7, 11) is 0. The molecule has 0 spiro atoms. The minimum absolute atomic E-state index is 0.710. The summed E-state index contributed by atoms with van der Waals surface area (Å²) in [6.07, 6.45) is 3.56. The summed E-state index contributed by atoms with van der Waals surface area (Å²) < 4.78 is 0. The molecule has 2 aromatic heterocycles. The van der Waals surface area contributed by atoms with Gasteiger partial charge in [0.25, 0.3) is 0 Å². The molecule has 0 amide bonds. The number of hydrogen-bond acceptors (Lipinski definition) is 4. The Labute approximate surface area is 117 Å². The zero-order valence-electron chi connectivity index (χ0n) is 10.9. The number of pyridine rings is 1. The fourth-order valence-corrected chi connectivity index (χ4v) is 1.88. The highest BCUT2D eigenvalue weighted by molar-refractivity contribution is 5.59. The third-order valence-corrected chi connectivity index (χ3v) is 2.96. The molecule has 1 N–H and O–H groups in total. The van der Waals surface area contributed by atoms with Crippen LogP contribution in [0.15, 0.2) is 67.0 Å². The third-order valence-electron chi connectivity index (χ3n) is 2.96. The summed E-state index contributed by atoms with van der Waals surface area (Å²) in [5.41, 5.74) is 3.11. The number of hydrogen-bond donors (Lipinski definition) is 1. The van der Waals surface area contributed by atoms with Crippen LogP contribution in [-0.4, -0.2) is 15.2 Å². The molecule has 4 heteroatoms. The average Bonchev–Trinajstić information content (AvgIpc) is 2.55. The molecule has 0 fully saturated rings. The van der Waals surface area contributed by atoms with Gasteiger partial charge < -0.3 is 5.32 Å². The molecular formula is C16H14N4. The maximum absolute atomic E-state index is 4.24. The second kappa shape index (κ2) is 5.93. The van der Waals surface area contributed by atoms with Gasteiger partial charge >= 0.3 is 0 Å². The van der Waals surface area contributed by atoms with E-state index in [0.29, 0.717) is 6.54 Å². The van der Waals surface area contributed by atoms with E-state index in [0.717, 1.165) is 22.6 Å². The van der Waals surface area contributed by atoms with Crippen molar-refractivity contribution >= 4 is 5.82 Å². The molecule has 98 valence electrons. The lowest BCUT2D eigenvalue weighted by molar-refractivity contribution is 1.00. The number of benzene rings is 1. The van der Waals surface area contributed by atoms with Crippen LogP contribution in [0.4, 0.5) is 5.82 Å². The molecule has 0 saturated carbocycles. The predicted molar refractivity (Wildman–Crippen MR) is 79.0 cm³/mol. The summed E-state index contributed by atoms with van der Waals surface area (Å²) in [5, 5.41) is 11.7. The summed E-state index contributed by atoms with van der Waals surface area (Å²) in [4.78, 5) is 3.99. The van der Waals surface area contributed by atoms with Crippen molar-refractivity contribution in [2.45, 2.75) is 6.54 Å². The molecule has 2 heterocycles. The molecule has 1 aromatic carbocycles. The molecule has 0 aliphatic rings. The van der Waals surface area contributed by atoms with Gasteiger partial charge in [-0.05, 0) is 29.8 Å². The molecule has 0 saturated heterocycles. The third kappa shape index (κ3) is 2.98. The SMILES string of the molecule is c1ccc(-c2ccc(NCc3ccncc3)nn2)cc1. The topological polar surface area (TPSA) is 50.7 Å². The molecule has 0 unspecified atom stereocenters. The summed E-state index contributed by atoms with van der Waals surface area (Å²) >= 11 is 0. The van der Waals surface area contributed by atoms with E-state index in [1.807, 2.05) is 54.6 Å². The van der Waals surface area contributed by atoms with Gasteiger partial charge in [-0.15, -0.1) is 10.2 Å². The van der Waals surface area contributed by atoms with Crippen molar-refractivity contribution in [3.63, 3.8) is 0 Å². The molecular weight excluding hydrogens is 248 g/mol. The lowest BCUT2D eigenvalue weighted by Gasteiger charge is -2.05. The molecule has 0 aliphatic heterocycles. The number of nitrogens with one attached hydrogen (secondary N) is 1. The zero-order valence-corrected chi connectivity index (χ0v) is 10.9. The molecule has 0 aliphatic carbocycles. The minimum Gasteiger partial charge on any atom is -0.365 e. The van der Waals surface area contributed by atoms with Crippen molar-refractivity contribution in [1.82, 2.24) is 15.2 Å². The molecule has 0 atom stereocenters. The second-order valence-electron chi connectivity index (χ2n) is 4.38. The maximum Gasteiger partial charge on any atom is 0.148 e. The molecule has 3 aromatic rings. The highest BCUT2D eigenvalue weighted by Crippen LogP contribution is 2.16. The van der Waals surface area contributed by atoms with Gasteiger partial charge in [-0.25, -0.2) is 0 Å². The highest BCUT2D eigenvalue weighted by atomic mass is 15.2. The zero-order chi connectivity index (χ0) is 13.6. The Morgan fingerprint density at radius 1 is 0.800 bits per heavy atom. The molecule has 0 bridgehead atoms. The Bertz CT molecular complexity index is 651. The van der Waals surface area contributed by atoms with Crippen LogP contribution >= 0.6 is 0 Å². The van der Waals surface area contributed by atoms with Crippen LogP contribution < -0.4 is 5.32 Å². The van der Waals surface area contributed by atoms with Gasteiger partial charge in [0.15, 0.2) is 0 Å². The fraction of sp³-hybridized carbons (Fsp3) is 0.0625. The van der Waals surface area contributed by atoms with Crippen molar-refractivity contribution in [3.8, 4) is 11.3 Å². The second-order valence-corrected chi connectivity index (χ2v) is 4.38. The number of anilines is 1. The first-order valence-corrected chi connectivity index (χ1v) is 6.44. The highest BCUT2D eigenvalue weighted by Gasteiger charge is 2.00. The van der Waals surface area contributed by atoms with Crippen LogP contribution in [-0.2, 0) is 6.54 Å². The van der Waals surface area contributed by atoms with E-state index in [1.165, 1.54) is 0 Å². The Kier molecular flexibility index (Phi) is 3.64. The van der Waals surface area contributed by atoms with Crippen LogP contribution in [0.5, 0.6) is 0 Å². The smallest absolute Gasteiger partial charge is 0.148 e. The largest absolute Gasteiger partial charge is 0.365 e. The predicted octanol–water partition coefficient (Wildman–Crippen LogP) is 3.15. The van der Waals surface area contributed by atoms with E-state index in [-0.39, 0.29) is 0 Å². The van der Waals surface area contributed by atoms with E-state index < -0.39 is 0 Å². The van der Waals surface area contributed by atoms with Gasteiger partial charge in [-0.3, -0.25) is 4.98 Å². The molecule has 4 nitrogen and oxygen atoms in total. The number of rotatable bonds is 4. The first-order valence-electron chi connectivity index (χ1n) is 6.44. The Hall–Kier alpha value is -2.75. The lowest BCUT2D eigenvalue weighted by atomic mass is 10.1. The van der Waals surface area contributed by atoms with Crippen LogP contribution in [0.3, 0.4) is 0 Å². The van der Waals surface area contributed by atoms with Gasteiger partial charge in [0.1, 0.15) is 5.82 Å². The monoisotopic (exact) mass is 262 g/mol. The number of aromatic nitrogens is 3. The van der Waals surface area contributed by atoms with E-state index in [2.05, 4.69) is 20.5 Å². The van der Waals surface area contributed by atoms with Gasteiger partial charge in [0.2, 0.25) is 0 Å². The Morgan fingerprint density at radius 2 is 1.60 bits per heavy atom. The normalized spacial score (nSPS) is 10.2. The Morgan fingerprint density at radius 3 is 2.30 bits per heavy atom. The fourth-order valence-electron chi connectivity index (χ4n) is 1.88. The van der Waals surface area contributed by atoms with Crippen LogP contribution in [0.2, 0.25) is 0 Å². The van der Waals surface area contributed by atoms with E-state index in [1.54, 1.807) is 12.4 Å². The van der Waals surface area contributed by atoms with E-state index >= 15 is 0 Å². The van der Waals surface area contributed by atoms with Crippen molar-refractivity contribution in [2.24, 2.45) is 0 Å². The van der Waals surface area contributed by atoms with E-state index in [4.69, 9.17) is 0 Å². The molecule has 20 heavy (non-hydrogen) atoms. The summed E-state index contributed by atoms with van der Waals surface area (Å²) in [6.45, 7) is 0.710. The molecule has 0 radical (unpaired) electrons. The quantitative estimate of drug-likeness (QED) is 0.784. The first-order chi connectivity index (χ1) is 9.92. The summed E-state index contributed by atoms with van der Waals surface area (Å²) in [5.74, 6) is 0.765. The van der Waals surface area contributed by atoms with Crippen molar-refractivity contribution in [1.29, 1.82) is 0 Å². The van der Waals surface area contributed by atoms with Crippen molar-refractivity contribution in [3.05, 3.63) is 72.6 Å². The van der Waals surface area contributed by atoms with Crippen LogP contribution in [0.1, 0.15) is 5.56 Å². The van der Waals surface area contributed by atoms with Gasteiger partial charge in [0.05, 0.1) is 5.69 Å². The standard InChI is InChI=1S/C16H14N4/c1-2-4-14(5-3-1)15-6-7-16(20-19-15)18-12-13-8-10-17-11-9-13/h1-11H,12H2,(H,18,20). The lowest BCUT2D eigenvalue weighted by Crippen LogP contribution is -2.02. The first kappa shape index (κ1) is 12.3. The Balaban J connectivity index is 1.68.